The van der Waals surface area contributed by atoms with Crippen molar-refractivity contribution in [3.05, 3.63) is 65.7 Å². The van der Waals surface area contributed by atoms with Gasteiger partial charge in [-0.05, 0) is 30.3 Å². The first-order chi connectivity index (χ1) is 10.9. The van der Waals surface area contributed by atoms with E-state index in [4.69, 9.17) is 0 Å². The summed E-state index contributed by atoms with van der Waals surface area (Å²) >= 11 is 0. The number of amides is 1. The van der Waals surface area contributed by atoms with Crippen LogP contribution < -0.4 is 10.0 Å². The Morgan fingerprint density at radius 1 is 1.09 bits per heavy atom. The lowest BCUT2D eigenvalue weighted by Crippen LogP contribution is -2.23. The lowest BCUT2D eigenvalue weighted by atomic mass is 10.2. The van der Waals surface area contributed by atoms with E-state index in [1.807, 2.05) is 30.3 Å². The van der Waals surface area contributed by atoms with Crippen molar-refractivity contribution in [1.82, 2.24) is 5.32 Å². The van der Waals surface area contributed by atoms with E-state index in [0.717, 1.165) is 11.8 Å². The Kier molecular flexibility index (Phi) is 5.39. The topological polar surface area (TPSA) is 75.3 Å². The predicted octanol–water partition coefficient (Wildman–Crippen LogP) is 1.84. The van der Waals surface area contributed by atoms with E-state index in [2.05, 4.69) is 21.9 Å². The van der Waals surface area contributed by atoms with Crippen molar-refractivity contribution in [1.29, 1.82) is 0 Å². The molecule has 0 aliphatic heterocycles. The second-order valence-electron chi connectivity index (χ2n) is 4.81. The van der Waals surface area contributed by atoms with Gasteiger partial charge in [0, 0.05) is 16.8 Å². The number of carbonyl (C=O) groups excluding carboxylic acids is 1. The Morgan fingerprint density at radius 2 is 1.83 bits per heavy atom. The van der Waals surface area contributed by atoms with Crippen LogP contribution in [-0.4, -0.2) is 27.1 Å². The molecule has 2 aromatic rings. The third-order valence-corrected chi connectivity index (χ3v) is 3.38. The van der Waals surface area contributed by atoms with Gasteiger partial charge in [-0.3, -0.25) is 9.52 Å². The Hall–Kier alpha value is -2.78. The number of benzene rings is 2. The normalized spacial score (nSPS) is 10.3. The van der Waals surface area contributed by atoms with Crippen molar-refractivity contribution >= 4 is 21.6 Å². The third-order valence-electron chi connectivity index (χ3n) is 2.77. The zero-order valence-electron chi connectivity index (χ0n) is 12.5. The number of rotatable bonds is 4. The molecule has 5 nitrogen and oxygen atoms in total. The van der Waals surface area contributed by atoms with Crippen LogP contribution in [-0.2, 0) is 10.0 Å². The van der Waals surface area contributed by atoms with Crippen molar-refractivity contribution in [2.24, 2.45) is 0 Å². The molecular weight excluding hydrogens is 312 g/mol. The highest BCUT2D eigenvalue weighted by atomic mass is 32.2. The number of sulfonamides is 1. The minimum atomic E-state index is -3.38. The van der Waals surface area contributed by atoms with Gasteiger partial charge in [-0.1, -0.05) is 36.1 Å². The Morgan fingerprint density at radius 3 is 2.52 bits per heavy atom. The minimum absolute atomic E-state index is 0.206. The van der Waals surface area contributed by atoms with Crippen LogP contribution in [0.5, 0.6) is 0 Å². The van der Waals surface area contributed by atoms with E-state index in [1.165, 1.54) is 6.07 Å². The van der Waals surface area contributed by atoms with Gasteiger partial charge >= 0.3 is 0 Å². The van der Waals surface area contributed by atoms with Crippen molar-refractivity contribution in [3.8, 4) is 11.8 Å². The molecule has 23 heavy (non-hydrogen) atoms. The second kappa shape index (κ2) is 7.47. The maximum Gasteiger partial charge on any atom is 0.252 e. The molecule has 0 saturated heterocycles. The number of nitrogens with one attached hydrogen (secondary N) is 2. The molecule has 6 heteroatoms. The zero-order valence-corrected chi connectivity index (χ0v) is 13.4. The molecule has 0 aromatic heterocycles. The molecule has 2 aromatic carbocycles. The molecule has 0 atom stereocenters. The van der Waals surface area contributed by atoms with E-state index in [1.54, 1.807) is 18.2 Å². The fourth-order valence-corrected chi connectivity index (χ4v) is 2.39. The van der Waals surface area contributed by atoms with E-state index >= 15 is 0 Å². The summed E-state index contributed by atoms with van der Waals surface area (Å²) in [7, 11) is -3.38. The van der Waals surface area contributed by atoms with Crippen LogP contribution in [0.3, 0.4) is 0 Å². The average Bonchev–Trinajstić information content (AvgIpc) is 2.51. The molecule has 0 bridgehead atoms. The second-order valence-corrected chi connectivity index (χ2v) is 6.55. The maximum atomic E-state index is 12.0. The van der Waals surface area contributed by atoms with E-state index < -0.39 is 10.0 Å². The minimum Gasteiger partial charge on any atom is -0.341 e. The molecule has 0 spiro atoms. The molecular formula is C17H16N2O3S. The number of hydrogen-bond acceptors (Lipinski definition) is 3. The number of carbonyl (C=O) groups is 1. The Labute approximate surface area is 135 Å². The summed E-state index contributed by atoms with van der Waals surface area (Å²) in [5, 5.41) is 2.67. The van der Waals surface area contributed by atoms with Gasteiger partial charge < -0.3 is 5.32 Å². The van der Waals surface area contributed by atoms with E-state index in [0.29, 0.717) is 11.3 Å². The van der Waals surface area contributed by atoms with Crippen LogP contribution in [0.4, 0.5) is 5.69 Å². The SMILES string of the molecule is CS(=O)(=O)Nc1cccc(C(=O)NCC#Cc2ccccc2)c1. The van der Waals surface area contributed by atoms with Crippen LogP contribution in [0.1, 0.15) is 15.9 Å². The number of hydrogen-bond donors (Lipinski definition) is 2. The summed E-state index contributed by atoms with van der Waals surface area (Å²) in [6.07, 6.45) is 1.05. The van der Waals surface area contributed by atoms with E-state index in [9.17, 15) is 13.2 Å². The van der Waals surface area contributed by atoms with Gasteiger partial charge in [-0.2, -0.15) is 0 Å². The van der Waals surface area contributed by atoms with Crippen LogP contribution in [0, 0.1) is 11.8 Å². The summed E-state index contributed by atoms with van der Waals surface area (Å²) in [5.74, 6) is 5.48. The van der Waals surface area contributed by atoms with Crippen LogP contribution in [0.2, 0.25) is 0 Å². The zero-order chi connectivity index (χ0) is 16.7. The number of anilines is 1. The summed E-state index contributed by atoms with van der Waals surface area (Å²) in [5.41, 5.74) is 1.58. The largest absolute Gasteiger partial charge is 0.341 e. The van der Waals surface area contributed by atoms with Gasteiger partial charge in [-0.25, -0.2) is 8.42 Å². The quantitative estimate of drug-likeness (QED) is 0.841. The van der Waals surface area contributed by atoms with Crippen molar-refractivity contribution < 1.29 is 13.2 Å². The molecule has 1 amide bonds. The standard InChI is InChI=1S/C17H16N2O3S/c1-23(21,22)19-16-11-5-10-15(13-16)17(20)18-12-6-9-14-7-3-2-4-8-14/h2-5,7-8,10-11,13,19H,12H2,1H3,(H,18,20). The Bertz CT molecular complexity index is 850. The molecule has 0 fully saturated rings. The lowest BCUT2D eigenvalue weighted by molar-refractivity contribution is 0.0958. The third kappa shape index (κ3) is 5.85. The average molecular weight is 328 g/mol. The van der Waals surface area contributed by atoms with Gasteiger partial charge in [-0.15, -0.1) is 0 Å². The molecule has 0 saturated carbocycles. The lowest BCUT2D eigenvalue weighted by Gasteiger charge is -2.06. The highest BCUT2D eigenvalue weighted by molar-refractivity contribution is 7.92. The Balaban J connectivity index is 1.96. The van der Waals surface area contributed by atoms with Gasteiger partial charge in [0.1, 0.15) is 0 Å². The predicted molar refractivity (Wildman–Crippen MR) is 90.6 cm³/mol. The first kappa shape index (κ1) is 16.6. The summed E-state index contributed by atoms with van der Waals surface area (Å²) < 4.78 is 24.7. The molecule has 0 unspecified atom stereocenters. The maximum absolute atomic E-state index is 12.0. The van der Waals surface area contributed by atoms with Gasteiger partial charge in [0.15, 0.2) is 0 Å². The van der Waals surface area contributed by atoms with Gasteiger partial charge in [0.25, 0.3) is 5.91 Å². The van der Waals surface area contributed by atoms with Crippen molar-refractivity contribution in [2.45, 2.75) is 0 Å². The summed E-state index contributed by atoms with van der Waals surface area (Å²) in [4.78, 5) is 12.0. The fraction of sp³-hybridized carbons (Fsp3) is 0.118. The van der Waals surface area contributed by atoms with Gasteiger partial charge in [0.05, 0.1) is 12.8 Å². The fourth-order valence-electron chi connectivity index (χ4n) is 1.83. The van der Waals surface area contributed by atoms with Crippen LogP contribution in [0.15, 0.2) is 54.6 Å². The van der Waals surface area contributed by atoms with Crippen molar-refractivity contribution in [3.63, 3.8) is 0 Å². The summed E-state index contributed by atoms with van der Waals surface area (Å²) in [6, 6.07) is 15.7. The smallest absolute Gasteiger partial charge is 0.252 e. The molecule has 2 N–H and O–H groups in total. The monoisotopic (exact) mass is 328 g/mol. The van der Waals surface area contributed by atoms with Crippen molar-refractivity contribution in [2.75, 3.05) is 17.5 Å². The highest BCUT2D eigenvalue weighted by Gasteiger charge is 2.07. The van der Waals surface area contributed by atoms with E-state index in [-0.39, 0.29) is 12.5 Å². The highest BCUT2D eigenvalue weighted by Crippen LogP contribution is 2.11. The molecule has 0 heterocycles. The molecule has 0 aliphatic carbocycles. The molecule has 0 aliphatic rings. The van der Waals surface area contributed by atoms with Crippen LogP contribution in [0.25, 0.3) is 0 Å². The molecule has 0 radical (unpaired) electrons. The van der Waals surface area contributed by atoms with Crippen LogP contribution >= 0.6 is 0 Å². The first-order valence-corrected chi connectivity index (χ1v) is 8.73. The molecule has 2 rings (SSSR count). The first-order valence-electron chi connectivity index (χ1n) is 6.84. The summed E-state index contributed by atoms with van der Waals surface area (Å²) in [6.45, 7) is 0.206. The van der Waals surface area contributed by atoms with Gasteiger partial charge in [0.2, 0.25) is 10.0 Å². The molecule has 118 valence electrons.